The number of amides is 1. The first-order chi connectivity index (χ1) is 9.02. The van der Waals surface area contributed by atoms with E-state index < -0.39 is 0 Å². The quantitative estimate of drug-likeness (QED) is 0.858. The summed E-state index contributed by atoms with van der Waals surface area (Å²) in [5.74, 6) is -0.0909. The number of carbonyl (C=O) groups is 1. The largest absolute Gasteiger partial charge is 0.335 e. The van der Waals surface area contributed by atoms with Gasteiger partial charge in [-0.15, -0.1) is 11.3 Å². The lowest BCUT2D eigenvalue weighted by Crippen LogP contribution is -2.27. The fourth-order valence-corrected chi connectivity index (χ4v) is 2.96. The number of hydrogen-bond donors (Lipinski definition) is 0. The minimum Gasteiger partial charge on any atom is -0.335 e. The van der Waals surface area contributed by atoms with E-state index in [1.807, 2.05) is 20.0 Å². The first-order valence-corrected chi connectivity index (χ1v) is 7.57. The summed E-state index contributed by atoms with van der Waals surface area (Å²) in [4.78, 5) is 19.3. The minimum absolute atomic E-state index is 0.0909. The maximum atomic E-state index is 12.3. The molecule has 0 saturated carbocycles. The van der Waals surface area contributed by atoms with Crippen molar-refractivity contribution in [2.24, 2.45) is 0 Å². The molecule has 0 unspecified atom stereocenters. The SMILES string of the molecule is CCn1cc(Br)c(C(=O)N(C)Cc2scnc2C)n1. The van der Waals surface area contributed by atoms with Crippen molar-refractivity contribution in [3.63, 3.8) is 0 Å². The van der Waals surface area contributed by atoms with E-state index in [0.717, 1.165) is 21.6 Å². The highest BCUT2D eigenvalue weighted by atomic mass is 79.9. The fraction of sp³-hybridized carbons (Fsp3) is 0.417. The highest BCUT2D eigenvalue weighted by molar-refractivity contribution is 9.10. The molecular weight excluding hydrogens is 328 g/mol. The second-order valence-electron chi connectivity index (χ2n) is 4.20. The second kappa shape index (κ2) is 5.83. The van der Waals surface area contributed by atoms with Gasteiger partial charge < -0.3 is 4.90 Å². The Kier molecular flexibility index (Phi) is 4.36. The Morgan fingerprint density at radius 2 is 2.32 bits per heavy atom. The molecule has 0 atom stereocenters. The molecule has 1 amide bonds. The lowest BCUT2D eigenvalue weighted by atomic mass is 10.3. The van der Waals surface area contributed by atoms with Gasteiger partial charge in [-0.1, -0.05) is 0 Å². The minimum atomic E-state index is -0.0909. The summed E-state index contributed by atoms with van der Waals surface area (Å²) in [7, 11) is 1.78. The smallest absolute Gasteiger partial charge is 0.275 e. The van der Waals surface area contributed by atoms with Crippen molar-refractivity contribution in [2.75, 3.05) is 7.05 Å². The van der Waals surface area contributed by atoms with Crippen LogP contribution in [0, 0.1) is 6.92 Å². The molecular formula is C12H15BrN4OS. The van der Waals surface area contributed by atoms with Gasteiger partial charge in [0.2, 0.25) is 0 Å². The predicted molar refractivity (Wildman–Crippen MR) is 78.2 cm³/mol. The summed E-state index contributed by atoms with van der Waals surface area (Å²) in [6.45, 7) is 5.23. The van der Waals surface area contributed by atoms with Gasteiger partial charge in [0, 0.05) is 24.7 Å². The third-order valence-corrected chi connectivity index (χ3v) is 4.32. The zero-order valence-electron chi connectivity index (χ0n) is 11.1. The van der Waals surface area contributed by atoms with Crippen molar-refractivity contribution in [1.82, 2.24) is 19.7 Å². The van der Waals surface area contributed by atoms with Gasteiger partial charge in [-0.2, -0.15) is 5.10 Å². The van der Waals surface area contributed by atoms with Crippen LogP contribution in [0.3, 0.4) is 0 Å². The van der Waals surface area contributed by atoms with Gasteiger partial charge in [-0.05, 0) is 29.8 Å². The van der Waals surface area contributed by atoms with Gasteiger partial charge in [0.1, 0.15) is 0 Å². The number of aryl methyl sites for hydroxylation is 2. The first kappa shape index (κ1) is 14.2. The second-order valence-corrected chi connectivity index (χ2v) is 6.00. The number of aromatic nitrogens is 3. The van der Waals surface area contributed by atoms with E-state index in [0.29, 0.717) is 12.2 Å². The zero-order chi connectivity index (χ0) is 14.0. The maximum absolute atomic E-state index is 12.3. The topological polar surface area (TPSA) is 51.0 Å². The summed E-state index contributed by atoms with van der Waals surface area (Å²) < 4.78 is 2.47. The number of rotatable bonds is 4. The molecule has 0 aliphatic rings. The normalized spacial score (nSPS) is 10.7. The third kappa shape index (κ3) is 3.03. The van der Waals surface area contributed by atoms with Gasteiger partial charge in [0.25, 0.3) is 5.91 Å². The fourth-order valence-electron chi connectivity index (χ4n) is 1.65. The van der Waals surface area contributed by atoms with Crippen molar-refractivity contribution in [3.05, 3.63) is 32.4 Å². The van der Waals surface area contributed by atoms with Crippen LogP contribution in [0.5, 0.6) is 0 Å². The number of thiazole rings is 1. The zero-order valence-corrected chi connectivity index (χ0v) is 13.5. The van der Waals surface area contributed by atoms with E-state index in [4.69, 9.17) is 0 Å². The van der Waals surface area contributed by atoms with E-state index in [1.165, 1.54) is 0 Å². The van der Waals surface area contributed by atoms with E-state index in [9.17, 15) is 4.79 Å². The summed E-state index contributed by atoms with van der Waals surface area (Å²) in [5, 5.41) is 4.27. The van der Waals surface area contributed by atoms with Crippen LogP contribution in [-0.2, 0) is 13.1 Å². The molecule has 2 heterocycles. The number of hydrogen-bond acceptors (Lipinski definition) is 4. The van der Waals surface area contributed by atoms with E-state index in [1.54, 1.807) is 33.5 Å². The number of halogens is 1. The molecule has 0 aromatic carbocycles. The highest BCUT2D eigenvalue weighted by Gasteiger charge is 2.20. The molecule has 0 aliphatic heterocycles. The Hall–Kier alpha value is -1.21. The summed E-state index contributed by atoms with van der Waals surface area (Å²) in [5.41, 5.74) is 3.22. The Bertz CT molecular complexity index is 592. The van der Waals surface area contributed by atoms with Gasteiger partial charge in [-0.25, -0.2) is 4.98 Å². The molecule has 0 spiro atoms. The lowest BCUT2D eigenvalue weighted by molar-refractivity contribution is 0.0778. The molecule has 0 N–H and O–H groups in total. The van der Waals surface area contributed by atoms with Crippen LogP contribution < -0.4 is 0 Å². The molecule has 2 aromatic rings. The summed E-state index contributed by atoms with van der Waals surface area (Å²) >= 11 is 4.94. The average Bonchev–Trinajstić information content (AvgIpc) is 2.95. The molecule has 0 aliphatic carbocycles. The Morgan fingerprint density at radius 3 is 2.84 bits per heavy atom. The molecule has 2 rings (SSSR count). The third-order valence-electron chi connectivity index (χ3n) is 2.82. The van der Waals surface area contributed by atoms with Crippen LogP contribution in [0.1, 0.15) is 28.0 Å². The van der Waals surface area contributed by atoms with Crippen molar-refractivity contribution >= 4 is 33.2 Å². The van der Waals surface area contributed by atoms with Crippen LogP contribution in [0.25, 0.3) is 0 Å². The molecule has 0 bridgehead atoms. The van der Waals surface area contributed by atoms with Crippen LogP contribution in [0.15, 0.2) is 16.2 Å². The molecule has 102 valence electrons. The Balaban J connectivity index is 2.14. The number of carbonyl (C=O) groups excluding carboxylic acids is 1. The van der Waals surface area contributed by atoms with E-state index >= 15 is 0 Å². The standard InChI is InChI=1S/C12H15BrN4OS/c1-4-17-5-9(13)11(15-17)12(18)16(3)6-10-8(2)14-7-19-10/h5,7H,4,6H2,1-3H3. The first-order valence-electron chi connectivity index (χ1n) is 5.90. The van der Waals surface area contributed by atoms with E-state index in [-0.39, 0.29) is 5.91 Å². The Labute approximate surface area is 124 Å². The molecule has 0 fully saturated rings. The molecule has 0 radical (unpaired) electrons. The predicted octanol–water partition coefficient (Wildman–Crippen LogP) is 2.70. The molecule has 5 nitrogen and oxygen atoms in total. The van der Waals surface area contributed by atoms with Crippen molar-refractivity contribution in [3.8, 4) is 0 Å². The Morgan fingerprint density at radius 1 is 1.58 bits per heavy atom. The molecule has 2 aromatic heterocycles. The summed E-state index contributed by atoms with van der Waals surface area (Å²) in [6.07, 6.45) is 1.82. The lowest BCUT2D eigenvalue weighted by Gasteiger charge is -2.15. The average molecular weight is 343 g/mol. The van der Waals surface area contributed by atoms with Crippen LogP contribution in [-0.4, -0.2) is 32.6 Å². The van der Waals surface area contributed by atoms with Crippen LogP contribution >= 0.6 is 27.3 Å². The van der Waals surface area contributed by atoms with Gasteiger partial charge in [0.15, 0.2) is 5.69 Å². The van der Waals surface area contributed by atoms with Crippen molar-refractivity contribution < 1.29 is 4.79 Å². The van der Waals surface area contributed by atoms with Crippen LogP contribution in [0.4, 0.5) is 0 Å². The maximum Gasteiger partial charge on any atom is 0.275 e. The summed E-state index contributed by atoms with van der Waals surface area (Å²) in [6, 6.07) is 0. The highest BCUT2D eigenvalue weighted by Crippen LogP contribution is 2.19. The van der Waals surface area contributed by atoms with Crippen LogP contribution in [0.2, 0.25) is 0 Å². The van der Waals surface area contributed by atoms with Gasteiger partial charge >= 0.3 is 0 Å². The van der Waals surface area contributed by atoms with Gasteiger partial charge in [0.05, 0.1) is 22.2 Å². The van der Waals surface area contributed by atoms with Gasteiger partial charge in [-0.3, -0.25) is 9.48 Å². The molecule has 7 heteroatoms. The number of nitrogens with zero attached hydrogens (tertiary/aromatic N) is 4. The molecule has 19 heavy (non-hydrogen) atoms. The van der Waals surface area contributed by atoms with E-state index in [2.05, 4.69) is 26.0 Å². The van der Waals surface area contributed by atoms with Crippen molar-refractivity contribution in [1.29, 1.82) is 0 Å². The monoisotopic (exact) mass is 342 g/mol. The van der Waals surface area contributed by atoms with Crippen molar-refractivity contribution in [2.45, 2.75) is 26.9 Å². The molecule has 0 saturated heterocycles.